The number of nitrogens with one attached hydrogen (secondary N) is 1. The predicted octanol–water partition coefficient (Wildman–Crippen LogP) is 3.38. The van der Waals surface area contributed by atoms with Gasteiger partial charge in [0, 0.05) is 6.04 Å². The van der Waals surface area contributed by atoms with Gasteiger partial charge in [0.15, 0.2) is 5.11 Å². The van der Waals surface area contributed by atoms with E-state index in [0.717, 1.165) is 12.8 Å². The molecule has 1 aliphatic heterocycles. The van der Waals surface area contributed by atoms with Crippen LogP contribution >= 0.6 is 12.2 Å². The Morgan fingerprint density at radius 2 is 1.37 bits per heavy atom. The van der Waals surface area contributed by atoms with Gasteiger partial charge in [-0.25, -0.2) is 0 Å². The van der Waals surface area contributed by atoms with Gasteiger partial charge in [-0.3, -0.25) is 9.69 Å². The van der Waals surface area contributed by atoms with Crippen molar-refractivity contribution in [2.45, 2.75) is 76.7 Å². The van der Waals surface area contributed by atoms with Crippen molar-refractivity contribution in [2.75, 3.05) is 6.54 Å². The van der Waals surface area contributed by atoms with Crippen molar-refractivity contribution in [3.05, 3.63) is 0 Å². The Hall–Kier alpha value is -0.640. The first kappa shape index (κ1) is 14.8. The molecule has 3 nitrogen and oxygen atoms in total. The Kier molecular flexibility index (Phi) is 6.08. The topological polar surface area (TPSA) is 32.3 Å². The van der Waals surface area contributed by atoms with E-state index in [4.69, 9.17) is 12.2 Å². The molecule has 108 valence electrons. The van der Waals surface area contributed by atoms with Crippen molar-refractivity contribution < 1.29 is 4.79 Å². The van der Waals surface area contributed by atoms with Crippen molar-refractivity contribution in [2.24, 2.45) is 0 Å². The Balaban J connectivity index is 1.90. The van der Waals surface area contributed by atoms with E-state index >= 15 is 0 Å². The van der Waals surface area contributed by atoms with Crippen LogP contribution in [0, 0.1) is 0 Å². The van der Waals surface area contributed by atoms with E-state index in [2.05, 4.69) is 5.32 Å². The Morgan fingerprint density at radius 1 is 0.895 bits per heavy atom. The Bertz CT molecular complexity index is 291. The van der Waals surface area contributed by atoms with E-state index in [-0.39, 0.29) is 5.91 Å². The van der Waals surface area contributed by atoms with E-state index in [1.807, 2.05) is 4.90 Å². The zero-order valence-electron chi connectivity index (χ0n) is 11.8. The van der Waals surface area contributed by atoms with Crippen LogP contribution in [0.4, 0.5) is 0 Å². The van der Waals surface area contributed by atoms with Crippen molar-refractivity contribution in [3.63, 3.8) is 0 Å². The summed E-state index contributed by atoms with van der Waals surface area (Å²) < 4.78 is 0. The lowest BCUT2D eigenvalue weighted by atomic mass is 9.97. The highest BCUT2D eigenvalue weighted by atomic mass is 32.1. The predicted molar refractivity (Wildman–Crippen MR) is 82.0 cm³/mol. The highest BCUT2D eigenvalue weighted by molar-refractivity contribution is 7.80. The number of carbonyl (C=O) groups excluding carboxylic acids is 1. The molecule has 0 radical (unpaired) electrons. The summed E-state index contributed by atoms with van der Waals surface area (Å²) in [6, 6.07) is 0.342. The quantitative estimate of drug-likeness (QED) is 0.748. The summed E-state index contributed by atoms with van der Waals surface area (Å²) in [6.45, 7) is 0.398. The van der Waals surface area contributed by atoms with Gasteiger partial charge < -0.3 is 5.32 Å². The Labute approximate surface area is 122 Å². The van der Waals surface area contributed by atoms with Gasteiger partial charge in [0.05, 0.1) is 6.54 Å². The lowest BCUT2D eigenvalue weighted by Crippen LogP contribution is -2.40. The zero-order valence-corrected chi connectivity index (χ0v) is 12.6. The minimum atomic E-state index is 0.169. The van der Waals surface area contributed by atoms with Crippen LogP contribution in [0.2, 0.25) is 0 Å². The summed E-state index contributed by atoms with van der Waals surface area (Å²) in [6.07, 6.45) is 14.2. The molecule has 4 heteroatoms. The zero-order chi connectivity index (χ0) is 13.5. The normalized spacial score (nSPS) is 24.7. The Morgan fingerprint density at radius 3 is 1.79 bits per heavy atom. The van der Waals surface area contributed by atoms with Crippen LogP contribution in [-0.4, -0.2) is 28.5 Å². The minimum Gasteiger partial charge on any atom is -0.353 e. The average molecular weight is 282 g/mol. The largest absolute Gasteiger partial charge is 0.353 e. The van der Waals surface area contributed by atoms with E-state index in [1.54, 1.807) is 0 Å². The molecule has 2 aliphatic rings. The van der Waals surface area contributed by atoms with Gasteiger partial charge in [-0.1, -0.05) is 57.8 Å². The molecule has 1 amide bonds. The molecule has 0 aromatic carbocycles. The fraction of sp³-hybridized carbons (Fsp3) is 0.867. The number of hydrogen-bond acceptors (Lipinski definition) is 2. The van der Waals surface area contributed by atoms with Crippen LogP contribution in [-0.2, 0) is 4.79 Å². The maximum Gasteiger partial charge on any atom is 0.248 e. The van der Waals surface area contributed by atoms with E-state index in [1.165, 1.54) is 57.8 Å². The maximum atomic E-state index is 11.9. The van der Waals surface area contributed by atoms with Crippen LogP contribution in [0.1, 0.15) is 70.6 Å². The second-order valence-electron chi connectivity index (χ2n) is 5.84. The molecule has 0 bridgehead atoms. The van der Waals surface area contributed by atoms with Crippen molar-refractivity contribution >= 4 is 23.2 Å². The fourth-order valence-electron chi connectivity index (χ4n) is 3.20. The van der Waals surface area contributed by atoms with Crippen LogP contribution in [0.3, 0.4) is 0 Å². The molecule has 1 N–H and O–H groups in total. The number of hydrogen-bond donors (Lipinski definition) is 1. The molecular formula is C15H26N2OS. The van der Waals surface area contributed by atoms with Crippen molar-refractivity contribution in [1.29, 1.82) is 0 Å². The highest BCUT2D eigenvalue weighted by Crippen LogP contribution is 2.22. The van der Waals surface area contributed by atoms with Crippen LogP contribution < -0.4 is 5.32 Å². The van der Waals surface area contributed by atoms with Gasteiger partial charge in [-0.05, 0) is 25.1 Å². The molecule has 0 aromatic heterocycles. The molecule has 2 rings (SSSR count). The van der Waals surface area contributed by atoms with Gasteiger partial charge >= 0.3 is 0 Å². The summed E-state index contributed by atoms with van der Waals surface area (Å²) in [4.78, 5) is 13.8. The van der Waals surface area contributed by atoms with Gasteiger partial charge in [0.2, 0.25) is 5.91 Å². The molecule has 1 aliphatic carbocycles. The van der Waals surface area contributed by atoms with Crippen LogP contribution in [0.25, 0.3) is 0 Å². The van der Waals surface area contributed by atoms with Gasteiger partial charge in [0.25, 0.3) is 0 Å². The summed E-state index contributed by atoms with van der Waals surface area (Å²) in [5.41, 5.74) is 0. The van der Waals surface area contributed by atoms with Crippen LogP contribution in [0.5, 0.6) is 0 Å². The van der Waals surface area contributed by atoms with Gasteiger partial charge in [0.1, 0.15) is 0 Å². The number of rotatable bonds is 1. The minimum absolute atomic E-state index is 0.169. The number of amides is 1. The van der Waals surface area contributed by atoms with Crippen LogP contribution in [0.15, 0.2) is 0 Å². The monoisotopic (exact) mass is 282 g/mol. The average Bonchev–Trinajstić information content (AvgIpc) is 2.71. The second-order valence-corrected chi connectivity index (χ2v) is 6.22. The highest BCUT2D eigenvalue weighted by Gasteiger charge is 2.31. The third-order valence-electron chi connectivity index (χ3n) is 4.32. The van der Waals surface area contributed by atoms with Gasteiger partial charge in [-0.15, -0.1) is 0 Å². The SMILES string of the molecule is O=C1CNC(=S)N1C1CCCCCCCCCCC1. The number of nitrogens with zero attached hydrogens (tertiary/aromatic N) is 1. The molecule has 0 aromatic rings. The van der Waals surface area contributed by atoms with E-state index < -0.39 is 0 Å². The van der Waals surface area contributed by atoms with Gasteiger partial charge in [-0.2, -0.15) is 0 Å². The third kappa shape index (κ3) is 4.44. The molecular weight excluding hydrogens is 256 g/mol. The van der Waals surface area contributed by atoms with Crippen molar-refractivity contribution in [1.82, 2.24) is 10.2 Å². The summed E-state index contributed by atoms with van der Waals surface area (Å²) in [5.74, 6) is 0.169. The lowest BCUT2D eigenvalue weighted by Gasteiger charge is -2.27. The maximum absolute atomic E-state index is 11.9. The lowest BCUT2D eigenvalue weighted by molar-refractivity contribution is -0.126. The first-order valence-electron chi connectivity index (χ1n) is 7.89. The fourth-order valence-corrected chi connectivity index (χ4v) is 3.53. The summed E-state index contributed by atoms with van der Waals surface area (Å²) in [5, 5.41) is 3.67. The molecule has 2 fully saturated rings. The number of carbonyl (C=O) groups is 1. The van der Waals surface area contributed by atoms with E-state index in [0.29, 0.717) is 17.7 Å². The first-order valence-corrected chi connectivity index (χ1v) is 8.30. The first-order chi connectivity index (χ1) is 9.29. The summed E-state index contributed by atoms with van der Waals surface area (Å²) in [7, 11) is 0. The molecule has 1 saturated heterocycles. The molecule has 0 spiro atoms. The standard InChI is InChI=1S/C15H26N2OS/c18-14-12-16-15(19)17(14)13-10-8-6-4-2-1-3-5-7-9-11-13/h13H,1-12H2,(H,16,19). The molecule has 0 unspecified atom stereocenters. The van der Waals surface area contributed by atoms with E-state index in [9.17, 15) is 4.79 Å². The number of thiocarbonyl (C=S) groups is 1. The van der Waals surface area contributed by atoms with Crippen molar-refractivity contribution in [3.8, 4) is 0 Å². The second kappa shape index (κ2) is 7.83. The molecule has 1 saturated carbocycles. The summed E-state index contributed by atoms with van der Waals surface area (Å²) >= 11 is 5.28. The smallest absolute Gasteiger partial charge is 0.248 e. The third-order valence-corrected chi connectivity index (χ3v) is 4.66. The molecule has 1 heterocycles. The molecule has 0 atom stereocenters. The molecule has 19 heavy (non-hydrogen) atoms.